The molecule has 4 nitrogen and oxygen atoms in total. The number of nitrogens with two attached hydrogens (primary N) is 1. The molecule has 0 atom stereocenters. The lowest BCUT2D eigenvalue weighted by molar-refractivity contribution is 0.461. The third-order valence-electron chi connectivity index (χ3n) is 2.60. The monoisotopic (exact) mass is 233 g/mol. The highest BCUT2D eigenvalue weighted by Gasteiger charge is 2.11. The number of fused-ring (bicyclic) bond motifs is 3. The van der Waals surface area contributed by atoms with Crippen LogP contribution in [0, 0.1) is 0 Å². The van der Waals surface area contributed by atoms with E-state index in [-0.39, 0.29) is 5.88 Å². The molecule has 5 heteroatoms. The minimum atomic E-state index is -0.0298. The number of hydrogen-bond acceptors (Lipinski definition) is 3. The van der Waals surface area contributed by atoms with Crippen molar-refractivity contribution in [2.45, 2.75) is 0 Å². The van der Waals surface area contributed by atoms with Crippen LogP contribution in [0.1, 0.15) is 0 Å². The van der Waals surface area contributed by atoms with E-state index in [2.05, 4.69) is 9.97 Å². The molecule has 4 N–H and O–H groups in total. The maximum atomic E-state index is 9.73. The van der Waals surface area contributed by atoms with Crippen molar-refractivity contribution in [2.75, 3.05) is 5.73 Å². The van der Waals surface area contributed by atoms with Gasteiger partial charge in [-0.05, 0) is 12.1 Å². The summed E-state index contributed by atoms with van der Waals surface area (Å²) in [5.41, 5.74) is 7.81. The van der Waals surface area contributed by atoms with Gasteiger partial charge in [0.25, 0.3) is 0 Å². The maximum Gasteiger partial charge on any atom is 0.221 e. The summed E-state index contributed by atoms with van der Waals surface area (Å²) in [6, 6.07) is 5.38. The molecular formula is C11H8ClN3O. The van der Waals surface area contributed by atoms with Crippen LogP contribution in [0.5, 0.6) is 5.88 Å². The molecule has 0 radical (unpaired) electrons. The van der Waals surface area contributed by atoms with E-state index in [9.17, 15) is 5.11 Å². The van der Waals surface area contributed by atoms with Crippen LogP contribution in [0.15, 0.2) is 24.4 Å². The smallest absolute Gasteiger partial charge is 0.221 e. The summed E-state index contributed by atoms with van der Waals surface area (Å²) in [7, 11) is 0. The van der Waals surface area contributed by atoms with E-state index >= 15 is 0 Å². The van der Waals surface area contributed by atoms with E-state index in [1.54, 1.807) is 12.1 Å². The molecule has 0 aliphatic heterocycles. The van der Waals surface area contributed by atoms with Gasteiger partial charge in [0, 0.05) is 15.9 Å². The minimum Gasteiger partial charge on any atom is -0.493 e. The van der Waals surface area contributed by atoms with E-state index in [0.717, 1.165) is 10.9 Å². The molecule has 0 aliphatic rings. The Bertz CT molecular complexity index is 705. The molecule has 3 rings (SSSR count). The number of hydrogen-bond donors (Lipinski definition) is 3. The molecule has 0 bridgehead atoms. The van der Waals surface area contributed by atoms with Gasteiger partial charge < -0.3 is 15.8 Å². The average molecular weight is 234 g/mol. The fourth-order valence-electron chi connectivity index (χ4n) is 1.88. The third-order valence-corrected chi connectivity index (χ3v) is 2.83. The fraction of sp³-hybridized carbons (Fsp3) is 0. The van der Waals surface area contributed by atoms with Crippen molar-refractivity contribution in [3.63, 3.8) is 0 Å². The van der Waals surface area contributed by atoms with Crippen LogP contribution in [-0.2, 0) is 0 Å². The first kappa shape index (κ1) is 9.30. The second kappa shape index (κ2) is 3.02. The van der Waals surface area contributed by atoms with Gasteiger partial charge in [-0.15, -0.1) is 0 Å². The van der Waals surface area contributed by atoms with Crippen LogP contribution < -0.4 is 5.73 Å². The molecule has 0 aliphatic carbocycles. The van der Waals surface area contributed by atoms with Gasteiger partial charge in [-0.3, -0.25) is 0 Å². The summed E-state index contributed by atoms with van der Waals surface area (Å²) < 4.78 is 0. The molecule has 1 aromatic carbocycles. The number of aromatic hydroxyl groups is 1. The lowest BCUT2D eigenvalue weighted by Crippen LogP contribution is -1.88. The van der Waals surface area contributed by atoms with Gasteiger partial charge in [-0.2, -0.15) is 0 Å². The van der Waals surface area contributed by atoms with Gasteiger partial charge >= 0.3 is 0 Å². The van der Waals surface area contributed by atoms with Crippen LogP contribution in [-0.4, -0.2) is 15.1 Å². The number of rotatable bonds is 0. The Morgan fingerprint density at radius 2 is 2.19 bits per heavy atom. The number of benzene rings is 1. The molecule has 0 saturated carbocycles. The van der Waals surface area contributed by atoms with Crippen LogP contribution in [0.4, 0.5) is 5.69 Å². The Labute approximate surface area is 95.7 Å². The zero-order valence-corrected chi connectivity index (χ0v) is 8.92. The standard InChI is InChI=1S/C11H8ClN3O/c12-5-1-2-6-8(3-5)15-10-7(13)4-14-11(16)9(6)10/h1-4,15H,13H2,(H,14,16). The van der Waals surface area contributed by atoms with Crippen LogP contribution >= 0.6 is 11.6 Å². The largest absolute Gasteiger partial charge is 0.493 e. The van der Waals surface area contributed by atoms with Gasteiger partial charge in [0.05, 0.1) is 22.8 Å². The van der Waals surface area contributed by atoms with Crippen molar-refractivity contribution >= 4 is 39.1 Å². The molecule has 0 amide bonds. The van der Waals surface area contributed by atoms with E-state index < -0.39 is 0 Å². The van der Waals surface area contributed by atoms with Gasteiger partial charge in [0.1, 0.15) is 0 Å². The molecule has 2 heterocycles. The minimum absolute atomic E-state index is 0.0298. The molecule has 2 aromatic heterocycles. The van der Waals surface area contributed by atoms with Crippen LogP contribution in [0.25, 0.3) is 21.8 Å². The number of aromatic amines is 1. The highest BCUT2D eigenvalue weighted by Crippen LogP contribution is 2.34. The quantitative estimate of drug-likeness (QED) is 0.559. The average Bonchev–Trinajstić information content (AvgIpc) is 2.63. The molecule has 80 valence electrons. The number of halogens is 1. The van der Waals surface area contributed by atoms with Crippen LogP contribution in [0.2, 0.25) is 5.02 Å². The Morgan fingerprint density at radius 3 is 3.00 bits per heavy atom. The maximum absolute atomic E-state index is 9.73. The summed E-state index contributed by atoms with van der Waals surface area (Å²) >= 11 is 5.90. The highest BCUT2D eigenvalue weighted by atomic mass is 35.5. The van der Waals surface area contributed by atoms with Crippen molar-refractivity contribution in [1.82, 2.24) is 9.97 Å². The topological polar surface area (TPSA) is 74.9 Å². The predicted octanol–water partition coefficient (Wildman–Crippen LogP) is 2.66. The van der Waals surface area contributed by atoms with Crippen molar-refractivity contribution in [2.24, 2.45) is 0 Å². The van der Waals surface area contributed by atoms with E-state index in [1.807, 2.05) is 6.07 Å². The zero-order valence-electron chi connectivity index (χ0n) is 8.16. The second-order valence-electron chi connectivity index (χ2n) is 3.60. The SMILES string of the molecule is Nc1cnc(O)c2c1[nH]c1cc(Cl)ccc12. The molecular weight excluding hydrogens is 226 g/mol. The number of nitrogen functional groups attached to an aromatic ring is 1. The Balaban J connectivity index is 2.60. The Kier molecular flexibility index (Phi) is 1.76. The number of aromatic nitrogens is 2. The predicted molar refractivity (Wildman–Crippen MR) is 64.7 cm³/mol. The van der Waals surface area contributed by atoms with E-state index in [4.69, 9.17) is 17.3 Å². The highest BCUT2D eigenvalue weighted by molar-refractivity contribution is 6.31. The molecule has 0 unspecified atom stereocenters. The van der Waals surface area contributed by atoms with E-state index in [0.29, 0.717) is 21.6 Å². The number of anilines is 1. The molecule has 0 fully saturated rings. The van der Waals surface area contributed by atoms with Crippen molar-refractivity contribution in [1.29, 1.82) is 0 Å². The lowest BCUT2D eigenvalue weighted by atomic mass is 10.2. The summed E-state index contributed by atoms with van der Waals surface area (Å²) in [6.45, 7) is 0. The van der Waals surface area contributed by atoms with Crippen molar-refractivity contribution in [3.8, 4) is 5.88 Å². The summed E-state index contributed by atoms with van der Waals surface area (Å²) in [5, 5.41) is 11.9. The van der Waals surface area contributed by atoms with Gasteiger partial charge in [0.15, 0.2) is 0 Å². The first-order valence-corrected chi connectivity index (χ1v) is 5.09. The number of nitrogens with zero attached hydrogens (tertiary/aromatic N) is 1. The van der Waals surface area contributed by atoms with Crippen LogP contribution in [0.3, 0.4) is 0 Å². The number of H-pyrrole nitrogens is 1. The number of nitrogens with one attached hydrogen (secondary N) is 1. The number of pyridine rings is 1. The summed E-state index contributed by atoms with van der Waals surface area (Å²) in [5.74, 6) is -0.0298. The molecule has 16 heavy (non-hydrogen) atoms. The fourth-order valence-corrected chi connectivity index (χ4v) is 2.05. The molecule has 0 saturated heterocycles. The van der Waals surface area contributed by atoms with Gasteiger partial charge in [-0.1, -0.05) is 17.7 Å². The second-order valence-corrected chi connectivity index (χ2v) is 4.04. The Morgan fingerprint density at radius 1 is 1.38 bits per heavy atom. The van der Waals surface area contributed by atoms with Crippen molar-refractivity contribution < 1.29 is 5.11 Å². The molecule has 3 aromatic rings. The van der Waals surface area contributed by atoms with Gasteiger partial charge in [0.2, 0.25) is 5.88 Å². The Hall–Kier alpha value is -1.94. The molecule has 0 spiro atoms. The summed E-state index contributed by atoms with van der Waals surface area (Å²) in [6.07, 6.45) is 1.43. The first-order valence-electron chi connectivity index (χ1n) is 4.71. The third kappa shape index (κ3) is 1.13. The van der Waals surface area contributed by atoms with E-state index in [1.165, 1.54) is 6.20 Å². The zero-order chi connectivity index (χ0) is 11.3. The van der Waals surface area contributed by atoms with Crippen molar-refractivity contribution in [3.05, 3.63) is 29.4 Å². The first-order chi connectivity index (χ1) is 7.66. The van der Waals surface area contributed by atoms with Gasteiger partial charge in [-0.25, -0.2) is 4.98 Å². The normalized spacial score (nSPS) is 11.3. The lowest BCUT2D eigenvalue weighted by Gasteiger charge is -1.97. The summed E-state index contributed by atoms with van der Waals surface area (Å²) in [4.78, 5) is 6.95.